The Morgan fingerprint density at radius 3 is 2.50 bits per heavy atom. The van der Waals surface area contributed by atoms with E-state index in [1.807, 2.05) is 19.1 Å². The normalized spacial score (nSPS) is 12.5. The minimum Gasteiger partial charge on any atom is -0.320 e. The first-order chi connectivity index (χ1) is 8.50. The van der Waals surface area contributed by atoms with E-state index in [2.05, 4.69) is 0 Å². The van der Waals surface area contributed by atoms with E-state index in [0.29, 0.717) is 10.6 Å². The standard InChI is InChI=1S/C14H12Cl2FN/c1-8-5-6-9(7-12(8)16)14(18)10-3-2-4-11(15)13(10)17/h2-7,14H,18H2,1H3. The SMILES string of the molecule is Cc1ccc(C(N)c2cccc(Cl)c2F)cc1Cl. The first kappa shape index (κ1) is 13.3. The Hall–Kier alpha value is -1.09. The third kappa shape index (κ3) is 2.51. The van der Waals surface area contributed by atoms with Crippen LogP contribution >= 0.6 is 23.2 Å². The molecule has 0 aromatic heterocycles. The van der Waals surface area contributed by atoms with Crippen molar-refractivity contribution in [3.8, 4) is 0 Å². The van der Waals surface area contributed by atoms with Crippen molar-refractivity contribution in [1.29, 1.82) is 0 Å². The van der Waals surface area contributed by atoms with E-state index in [9.17, 15) is 4.39 Å². The Morgan fingerprint density at radius 1 is 1.11 bits per heavy atom. The zero-order valence-corrected chi connectivity index (χ0v) is 11.3. The van der Waals surface area contributed by atoms with Crippen LogP contribution in [0.2, 0.25) is 10.0 Å². The zero-order chi connectivity index (χ0) is 13.3. The number of aryl methyl sites for hydroxylation is 1. The lowest BCUT2D eigenvalue weighted by Crippen LogP contribution is -2.13. The number of hydrogen-bond donors (Lipinski definition) is 1. The minimum absolute atomic E-state index is 0.0705. The second-order valence-corrected chi connectivity index (χ2v) is 4.94. The summed E-state index contributed by atoms with van der Waals surface area (Å²) in [7, 11) is 0. The van der Waals surface area contributed by atoms with Crippen LogP contribution in [-0.2, 0) is 0 Å². The maximum Gasteiger partial charge on any atom is 0.146 e. The summed E-state index contributed by atoms with van der Waals surface area (Å²) in [5.41, 5.74) is 8.12. The molecule has 0 heterocycles. The number of hydrogen-bond acceptors (Lipinski definition) is 1. The molecule has 0 saturated heterocycles. The highest BCUT2D eigenvalue weighted by molar-refractivity contribution is 6.31. The minimum atomic E-state index is -0.582. The highest BCUT2D eigenvalue weighted by Gasteiger charge is 2.16. The molecular formula is C14H12Cl2FN. The quantitative estimate of drug-likeness (QED) is 0.864. The van der Waals surface area contributed by atoms with Crippen molar-refractivity contribution in [3.05, 3.63) is 69.0 Å². The second kappa shape index (κ2) is 5.27. The Labute approximate surface area is 115 Å². The van der Waals surface area contributed by atoms with Crippen molar-refractivity contribution < 1.29 is 4.39 Å². The Kier molecular flexibility index (Phi) is 3.91. The predicted octanol–water partition coefficient (Wildman–Crippen LogP) is 4.49. The van der Waals surface area contributed by atoms with Gasteiger partial charge in [0, 0.05) is 10.6 Å². The van der Waals surface area contributed by atoms with Crippen molar-refractivity contribution in [2.75, 3.05) is 0 Å². The van der Waals surface area contributed by atoms with Gasteiger partial charge in [0.15, 0.2) is 0 Å². The molecule has 1 unspecified atom stereocenters. The molecule has 0 fully saturated rings. The van der Waals surface area contributed by atoms with Gasteiger partial charge >= 0.3 is 0 Å². The average molecular weight is 284 g/mol. The maximum atomic E-state index is 13.9. The summed E-state index contributed by atoms with van der Waals surface area (Å²) >= 11 is 11.8. The summed E-state index contributed by atoms with van der Waals surface area (Å²) in [6.07, 6.45) is 0. The van der Waals surface area contributed by atoms with Gasteiger partial charge in [-0.15, -0.1) is 0 Å². The van der Waals surface area contributed by atoms with Gasteiger partial charge < -0.3 is 5.73 Å². The lowest BCUT2D eigenvalue weighted by Gasteiger charge is -2.15. The van der Waals surface area contributed by atoms with Crippen molar-refractivity contribution in [3.63, 3.8) is 0 Å². The molecule has 2 aromatic carbocycles. The summed E-state index contributed by atoms with van der Waals surface area (Å²) in [6, 6.07) is 9.67. The van der Waals surface area contributed by atoms with Crippen LogP contribution in [0.4, 0.5) is 4.39 Å². The lowest BCUT2D eigenvalue weighted by atomic mass is 9.98. The van der Waals surface area contributed by atoms with Gasteiger partial charge in [0.25, 0.3) is 0 Å². The lowest BCUT2D eigenvalue weighted by molar-refractivity contribution is 0.600. The summed E-state index contributed by atoms with van der Waals surface area (Å²) in [5.74, 6) is -0.483. The Bertz CT molecular complexity index is 584. The van der Waals surface area contributed by atoms with E-state index in [-0.39, 0.29) is 5.02 Å². The van der Waals surface area contributed by atoms with Gasteiger partial charge in [0.05, 0.1) is 11.1 Å². The first-order valence-corrected chi connectivity index (χ1v) is 6.22. The van der Waals surface area contributed by atoms with Gasteiger partial charge in [-0.1, -0.05) is 47.5 Å². The topological polar surface area (TPSA) is 26.0 Å². The Balaban J connectivity index is 2.44. The molecule has 18 heavy (non-hydrogen) atoms. The molecule has 0 aliphatic rings. The summed E-state index contributed by atoms with van der Waals surface area (Å²) in [5, 5.41) is 0.687. The molecule has 0 spiro atoms. The van der Waals surface area contributed by atoms with E-state index in [1.165, 1.54) is 6.07 Å². The van der Waals surface area contributed by atoms with Crippen LogP contribution in [-0.4, -0.2) is 0 Å². The van der Waals surface area contributed by atoms with Gasteiger partial charge in [0.2, 0.25) is 0 Å². The first-order valence-electron chi connectivity index (χ1n) is 5.46. The fraction of sp³-hybridized carbons (Fsp3) is 0.143. The molecular weight excluding hydrogens is 272 g/mol. The molecule has 1 nitrogen and oxygen atoms in total. The molecule has 0 amide bonds. The molecule has 94 valence electrons. The van der Waals surface area contributed by atoms with Crippen LogP contribution in [0.3, 0.4) is 0 Å². The largest absolute Gasteiger partial charge is 0.320 e. The van der Waals surface area contributed by atoms with Crippen LogP contribution < -0.4 is 5.73 Å². The molecule has 2 aromatic rings. The van der Waals surface area contributed by atoms with Gasteiger partial charge in [-0.25, -0.2) is 4.39 Å². The molecule has 2 N–H and O–H groups in total. The van der Waals surface area contributed by atoms with E-state index < -0.39 is 11.9 Å². The van der Waals surface area contributed by atoms with E-state index in [4.69, 9.17) is 28.9 Å². The van der Waals surface area contributed by atoms with E-state index in [0.717, 1.165) is 11.1 Å². The van der Waals surface area contributed by atoms with Crippen molar-refractivity contribution in [2.24, 2.45) is 5.73 Å². The summed E-state index contributed by atoms with van der Waals surface area (Å²) < 4.78 is 13.9. The van der Waals surface area contributed by atoms with Crippen molar-refractivity contribution in [1.82, 2.24) is 0 Å². The van der Waals surface area contributed by atoms with Gasteiger partial charge in [0.1, 0.15) is 5.82 Å². The van der Waals surface area contributed by atoms with Gasteiger partial charge in [-0.05, 0) is 30.2 Å². The molecule has 0 aliphatic heterocycles. The van der Waals surface area contributed by atoms with Crippen LogP contribution in [0.25, 0.3) is 0 Å². The molecule has 0 saturated carbocycles. The highest BCUT2D eigenvalue weighted by atomic mass is 35.5. The smallest absolute Gasteiger partial charge is 0.146 e. The number of benzene rings is 2. The molecule has 0 bridgehead atoms. The molecule has 4 heteroatoms. The Morgan fingerprint density at radius 2 is 1.83 bits per heavy atom. The zero-order valence-electron chi connectivity index (χ0n) is 9.75. The fourth-order valence-corrected chi connectivity index (χ4v) is 2.11. The number of halogens is 3. The third-order valence-corrected chi connectivity index (χ3v) is 3.57. The monoisotopic (exact) mass is 283 g/mol. The second-order valence-electron chi connectivity index (χ2n) is 4.13. The predicted molar refractivity (Wildman–Crippen MR) is 73.6 cm³/mol. The molecule has 1 atom stereocenters. The molecule has 0 radical (unpaired) electrons. The summed E-state index contributed by atoms with van der Waals surface area (Å²) in [6.45, 7) is 1.90. The maximum absolute atomic E-state index is 13.9. The van der Waals surface area contributed by atoms with Crippen molar-refractivity contribution >= 4 is 23.2 Å². The third-order valence-electron chi connectivity index (χ3n) is 2.87. The van der Waals surface area contributed by atoms with E-state index in [1.54, 1.807) is 18.2 Å². The van der Waals surface area contributed by atoms with Crippen LogP contribution in [0, 0.1) is 12.7 Å². The number of rotatable bonds is 2. The van der Waals surface area contributed by atoms with Crippen LogP contribution in [0.5, 0.6) is 0 Å². The van der Waals surface area contributed by atoms with Crippen LogP contribution in [0.1, 0.15) is 22.7 Å². The van der Waals surface area contributed by atoms with E-state index >= 15 is 0 Å². The fourth-order valence-electron chi connectivity index (χ4n) is 1.74. The summed E-state index contributed by atoms with van der Waals surface area (Å²) in [4.78, 5) is 0. The molecule has 0 aliphatic carbocycles. The van der Waals surface area contributed by atoms with Crippen molar-refractivity contribution in [2.45, 2.75) is 13.0 Å². The highest BCUT2D eigenvalue weighted by Crippen LogP contribution is 2.28. The number of nitrogens with two attached hydrogens (primary N) is 1. The van der Waals surface area contributed by atoms with Gasteiger partial charge in [-0.3, -0.25) is 0 Å². The molecule has 2 rings (SSSR count). The van der Waals surface area contributed by atoms with Crippen LogP contribution in [0.15, 0.2) is 36.4 Å². The average Bonchev–Trinajstić information content (AvgIpc) is 2.35. The van der Waals surface area contributed by atoms with Gasteiger partial charge in [-0.2, -0.15) is 0 Å².